The first kappa shape index (κ1) is 19.9. The van der Waals surface area contributed by atoms with Gasteiger partial charge in [0, 0.05) is 24.6 Å². The molecule has 0 radical (unpaired) electrons. The number of aromatic nitrogens is 4. The predicted molar refractivity (Wildman–Crippen MR) is 101 cm³/mol. The number of methoxy groups -OCH3 is 1. The molecule has 4 rings (SSSR count). The molecule has 1 amide bonds. The highest BCUT2D eigenvalue weighted by atomic mass is 19.3. The number of halogens is 2. The van der Waals surface area contributed by atoms with E-state index in [1.165, 1.54) is 31.6 Å². The Labute approximate surface area is 170 Å². The molecule has 10 heteroatoms. The van der Waals surface area contributed by atoms with Crippen molar-refractivity contribution in [2.24, 2.45) is 0 Å². The number of esters is 1. The van der Waals surface area contributed by atoms with Crippen LogP contribution in [0.25, 0.3) is 5.78 Å². The summed E-state index contributed by atoms with van der Waals surface area (Å²) in [4.78, 5) is 34.5. The smallest absolute Gasteiger partial charge is 0.337 e. The maximum absolute atomic E-state index is 13.4. The van der Waals surface area contributed by atoms with Crippen LogP contribution in [0.2, 0.25) is 0 Å². The summed E-state index contributed by atoms with van der Waals surface area (Å²) >= 11 is 0. The average Bonchev–Trinajstić information content (AvgIpc) is 3.26. The molecular weight excluding hydrogens is 396 g/mol. The lowest BCUT2D eigenvalue weighted by atomic mass is 9.93. The Morgan fingerprint density at radius 3 is 2.63 bits per heavy atom. The number of alkyl halides is 2. The topological polar surface area (TPSA) is 89.7 Å². The highest BCUT2D eigenvalue weighted by Gasteiger charge is 2.28. The largest absolute Gasteiger partial charge is 0.465 e. The third-order valence-corrected chi connectivity index (χ3v) is 5.20. The van der Waals surface area contributed by atoms with Gasteiger partial charge in [0.1, 0.15) is 12.0 Å². The van der Waals surface area contributed by atoms with Gasteiger partial charge in [-0.1, -0.05) is 0 Å². The summed E-state index contributed by atoms with van der Waals surface area (Å²) in [6, 6.07) is 7.57. The molecule has 0 aliphatic carbocycles. The maximum atomic E-state index is 13.4. The third kappa shape index (κ3) is 3.72. The number of amides is 1. The van der Waals surface area contributed by atoms with Crippen molar-refractivity contribution in [1.29, 1.82) is 0 Å². The van der Waals surface area contributed by atoms with Gasteiger partial charge in [-0.3, -0.25) is 4.79 Å². The Kier molecular flexibility index (Phi) is 5.39. The number of carbonyl (C=O) groups excluding carboxylic acids is 2. The molecule has 0 spiro atoms. The van der Waals surface area contributed by atoms with Gasteiger partial charge >= 0.3 is 5.97 Å². The molecule has 0 unspecified atom stereocenters. The molecule has 1 atom stereocenters. The van der Waals surface area contributed by atoms with E-state index in [9.17, 15) is 18.4 Å². The molecule has 0 bridgehead atoms. The van der Waals surface area contributed by atoms with Gasteiger partial charge in [0.2, 0.25) is 0 Å². The molecule has 156 valence electrons. The zero-order chi connectivity index (χ0) is 21.3. The fourth-order valence-corrected chi connectivity index (χ4v) is 3.67. The number of likely N-dealkylation sites (tertiary alicyclic amines) is 1. The van der Waals surface area contributed by atoms with Gasteiger partial charge in [0.25, 0.3) is 18.1 Å². The zero-order valence-electron chi connectivity index (χ0n) is 16.2. The van der Waals surface area contributed by atoms with Crippen molar-refractivity contribution >= 4 is 17.7 Å². The van der Waals surface area contributed by atoms with Crippen molar-refractivity contribution in [3.63, 3.8) is 0 Å². The van der Waals surface area contributed by atoms with Crippen LogP contribution in [0, 0.1) is 0 Å². The minimum Gasteiger partial charge on any atom is -0.465 e. The molecular formula is C20H19F2N5O3. The summed E-state index contributed by atoms with van der Waals surface area (Å²) in [5.41, 5.74) is 1.01. The summed E-state index contributed by atoms with van der Waals surface area (Å²) in [7, 11) is 1.29. The first-order chi connectivity index (χ1) is 14.5. The lowest BCUT2D eigenvalue weighted by Crippen LogP contribution is -2.39. The third-order valence-electron chi connectivity index (χ3n) is 5.20. The summed E-state index contributed by atoms with van der Waals surface area (Å²) in [6.07, 6.45) is -0.0802. The van der Waals surface area contributed by atoms with E-state index < -0.39 is 12.4 Å². The van der Waals surface area contributed by atoms with Crippen molar-refractivity contribution in [1.82, 2.24) is 24.5 Å². The highest BCUT2D eigenvalue weighted by Crippen LogP contribution is 2.29. The Balaban J connectivity index is 1.55. The Hall–Kier alpha value is -3.43. The van der Waals surface area contributed by atoms with Gasteiger partial charge in [0.05, 0.1) is 18.4 Å². The Bertz CT molecular complexity index is 1080. The van der Waals surface area contributed by atoms with Gasteiger partial charge in [-0.25, -0.2) is 18.6 Å². The second-order valence-corrected chi connectivity index (χ2v) is 7.04. The summed E-state index contributed by atoms with van der Waals surface area (Å²) in [6.45, 7) is 0.917. The van der Waals surface area contributed by atoms with Gasteiger partial charge in [-0.15, -0.1) is 0 Å². The van der Waals surface area contributed by atoms with Crippen LogP contribution in [0.4, 0.5) is 8.78 Å². The van der Waals surface area contributed by atoms with Crippen LogP contribution in [-0.2, 0) is 4.74 Å². The maximum Gasteiger partial charge on any atom is 0.337 e. The van der Waals surface area contributed by atoms with Crippen LogP contribution in [0.15, 0.2) is 36.7 Å². The number of benzene rings is 1. The number of rotatable bonds is 4. The van der Waals surface area contributed by atoms with E-state index in [-0.39, 0.29) is 23.3 Å². The fraction of sp³-hybridized carbons (Fsp3) is 0.350. The molecule has 0 saturated carbocycles. The molecule has 8 nitrogen and oxygen atoms in total. The minimum absolute atomic E-state index is 0.115. The quantitative estimate of drug-likeness (QED) is 0.609. The molecule has 0 N–H and O–H groups in total. The number of piperidine rings is 1. The standard InChI is InChI=1S/C20H19F2N5O3/c1-30-19(29)13-6-4-12(5-7-13)18(28)26-8-2-3-14(10-26)15-9-16(17(21)22)27-20(25-15)23-11-24-27/h4-7,9,11,14,17H,2-3,8,10H2,1H3/t14-/m0/s1. The first-order valence-corrected chi connectivity index (χ1v) is 9.44. The van der Waals surface area contributed by atoms with Crippen molar-refractivity contribution in [2.45, 2.75) is 25.2 Å². The Morgan fingerprint density at radius 2 is 1.93 bits per heavy atom. The van der Waals surface area contributed by atoms with E-state index in [4.69, 9.17) is 0 Å². The zero-order valence-corrected chi connectivity index (χ0v) is 16.2. The normalized spacial score (nSPS) is 16.8. The number of ether oxygens (including phenoxy) is 1. The molecule has 3 aromatic rings. The van der Waals surface area contributed by atoms with E-state index in [2.05, 4.69) is 19.8 Å². The van der Waals surface area contributed by atoms with Crippen LogP contribution < -0.4 is 0 Å². The molecule has 1 fully saturated rings. The highest BCUT2D eigenvalue weighted by molar-refractivity contribution is 5.96. The van der Waals surface area contributed by atoms with E-state index >= 15 is 0 Å². The number of hydrogen-bond donors (Lipinski definition) is 0. The second-order valence-electron chi connectivity index (χ2n) is 7.04. The van der Waals surface area contributed by atoms with Crippen molar-refractivity contribution in [3.05, 3.63) is 59.2 Å². The van der Waals surface area contributed by atoms with Gasteiger partial charge in [-0.2, -0.15) is 14.6 Å². The molecule has 30 heavy (non-hydrogen) atoms. The van der Waals surface area contributed by atoms with Crippen molar-refractivity contribution < 1.29 is 23.1 Å². The van der Waals surface area contributed by atoms with Gasteiger partial charge in [-0.05, 0) is 43.2 Å². The SMILES string of the molecule is COC(=O)c1ccc(C(=O)N2CCC[C@H](c3cc(C(F)F)n4ncnc4n3)C2)cc1. The summed E-state index contributed by atoms with van der Waals surface area (Å²) in [5.74, 6) is -0.730. The van der Waals surface area contributed by atoms with Crippen molar-refractivity contribution in [2.75, 3.05) is 20.2 Å². The Morgan fingerprint density at radius 1 is 1.20 bits per heavy atom. The van der Waals surface area contributed by atoms with Crippen LogP contribution in [-0.4, -0.2) is 56.6 Å². The first-order valence-electron chi connectivity index (χ1n) is 9.44. The average molecular weight is 415 g/mol. The minimum atomic E-state index is -2.72. The lowest BCUT2D eigenvalue weighted by molar-refractivity contribution is 0.0599. The number of carbonyl (C=O) groups is 2. The van der Waals surface area contributed by atoms with E-state index in [0.29, 0.717) is 29.9 Å². The fourth-order valence-electron chi connectivity index (χ4n) is 3.67. The monoisotopic (exact) mass is 415 g/mol. The van der Waals surface area contributed by atoms with E-state index in [1.807, 2.05) is 0 Å². The van der Waals surface area contributed by atoms with Gasteiger partial charge < -0.3 is 9.64 Å². The van der Waals surface area contributed by atoms with Crippen LogP contribution in [0.5, 0.6) is 0 Å². The summed E-state index contributed by atoms with van der Waals surface area (Å²) < 4.78 is 32.6. The van der Waals surface area contributed by atoms with Crippen molar-refractivity contribution in [3.8, 4) is 0 Å². The van der Waals surface area contributed by atoms with Crippen LogP contribution in [0.1, 0.15) is 57.3 Å². The van der Waals surface area contributed by atoms with Crippen LogP contribution >= 0.6 is 0 Å². The number of nitrogens with zero attached hydrogens (tertiary/aromatic N) is 5. The van der Waals surface area contributed by atoms with E-state index in [1.54, 1.807) is 17.0 Å². The molecule has 2 aromatic heterocycles. The molecule has 1 aliphatic rings. The molecule has 3 heterocycles. The second kappa shape index (κ2) is 8.13. The molecule has 1 aromatic carbocycles. The molecule has 1 saturated heterocycles. The number of fused-ring (bicyclic) bond motifs is 1. The lowest BCUT2D eigenvalue weighted by Gasteiger charge is -2.32. The van der Waals surface area contributed by atoms with Gasteiger partial charge in [0.15, 0.2) is 0 Å². The summed E-state index contributed by atoms with van der Waals surface area (Å²) in [5, 5.41) is 3.80. The van der Waals surface area contributed by atoms with E-state index in [0.717, 1.165) is 17.4 Å². The molecule has 1 aliphatic heterocycles. The predicted octanol–water partition coefficient (Wildman–Crippen LogP) is 2.87. The van der Waals surface area contributed by atoms with Crippen LogP contribution in [0.3, 0.4) is 0 Å². The number of hydrogen-bond acceptors (Lipinski definition) is 6.